The van der Waals surface area contributed by atoms with Crippen molar-refractivity contribution >= 4 is 12.1 Å². The zero-order valence-electron chi connectivity index (χ0n) is 13.6. The molecule has 1 aromatic rings. The number of hydrogen-bond donors (Lipinski definition) is 3. The lowest BCUT2D eigenvalue weighted by Gasteiger charge is -2.22. The highest BCUT2D eigenvalue weighted by atomic mass is 16.6. The Hall–Kier alpha value is -2.52. The van der Waals surface area contributed by atoms with Gasteiger partial charge in [-0.1, -0.05) is 24.0 Å². The molecule has 1 atom stereocenters. The van der Waals surface area contributed by atoms with Gasteiger partial charge in [0.2, 0.25) is 0 Å². The predicted molar refractivity (Wildman–Crippen MR) is 86.9 cm³/mol. The number of carbonyl (C=O) groups is 2. The summed E-state index contributed by atoms with van der Waals surface area (Å²) in [6, 6.07) is 6.04. The smallest absolute Gasteiger partial charge is 0.408 e. The van der Waals surface area contributed by atoms with Crippen molar-refractivity contribution in [3.63, 3.8) is 0 Å². The number of rotatable bonds is 4. The van der Waals surface area contributed by atoms with Crippen LogP contribution in [0.25, 0.3) is 0 Å². The highest BCUT2D eigenvalue weighted by Gasteiger charge is 2.24. The maximum absolute atomic E-state index is 11.7. The summed E-state index contributed by atoms with van der Waals surface area (Å²) in [4.78, 5) is 23.0. The molecule has 0 unspecified atom stereocenters. The molecule has 0 heterocycles. The number of aliphatic carboxylic acids is 1. The van der Waals surface area contributed by atoms with E-state index >= 15 is 0 Å². The van der Waals surface area contributed by atoms with Gasteiger partial charge in [0, 0.05) is 12.0 Å². The molecule has 6 nitrogen and oxygen atoms in total. The van der Waals surface area contributed by atoms with Crippen LogP contribution >= 0.6 is 0 Å². The molecule has 6 heteroatoms. The molecule has 4 N–H and O–H groups in total. The van der Waals surface area contributed by atoms with Crippen LogP contribution in [0, 0.1) is 11.8 Å². The van der Waals surface area contributed by atoms with E-state index in [2.05, 4.69) is 17.2 Å². The van der Waals surface area contributed by atoms with Crippen LogP contribution in [0.15, 0.2) is 24.3 Å². The van der Waals surface area contributed by atoms with Gasteiger partial charge in [-0.3, -0.25) is 0 Å². The summed E-state index contributed by atoms with van der Waals surface area (Å²) in [5, 5.41) is 11.6. The third-order valence-corrected chi connectivity index (χ3v) is 2.72. The predicted octanol–water partition coefficient (Wildman–Crippen LogP) is 1.52. The Labute approximate surface area is 136 Å². The van der Waals surface area contributed by atoms with E-state index in [0.29, 0.717) is 0 Å². The second kappa shape index (κ2) is 8.20. The number of hydrogen-bond acceptors (Lipinski definition) is 4. The minimum Gasteiger partial charge on any atom is -0.480 e. The van der Waals surface area contributed by atoms with Gasteiger partial charge in [-0.05, 0) is 38.5 Å². The zero-order valence-corrected chi connectivity index (χ0v) is 13.6. The molecule has 1 rings (SSSR count). The Kier molecular flexibility index (Phi) is 6.61. The Balaban J connectivity index is 2.73. The summed E-state index contributed by atoms with van der Waals surface area (Å²) in [5.74, 6) is 4.50. The molecule has 0 spiro atoms. The quantitative estimate of drug-likeness (QED) is 0.731. The maximum Gasteiger partial charge on any atom is 0.408 e. The van der Waals surface area contributed by atoms with Crippen LogP contribution in [0.5, 0.6) is 0 Å². The van der Waals surface area contributed by atoms with Crippen LogP contribution in [0.2, 0.25) is 0 Å². The van der Waals surface area contributed by atoms with E-state index < -0.39 is 23.7 Å². The first-order valence-corrected chi connectivity index (χ1v) is 7.21. The number of carboxylic acids is 1. The molecule has 0 aliphatic rings. The van der Waals surface area contributed by atoms with Gasteiger partial charge in [-0.25, -0.2) is 9.59 Å². The van der Waals surface area contributed by atoms with E-state index in [9.17, 15) is 14.7 Å². The van der Waals surface area contributed by atoms with Crippen molar-refractivity contribution in [1.82, 2.24) is 5.32 Å². The first-order chi connectivity index (χ1) is 10.7. The van der Waals surface area contributed by atoms with Gasteiger partial charge in [0.05, 0.1) is 6.54 Å². The third-order valence-electron chi connectivity index (χ3n) is 2.72. The minimum absolute atomic E-state index is 0.152. The van der Waals surface area contributed by atoms with Crippen LogP contribution in [-0.2, 0) is 16.0 Å². The highest BCUT2D eigenvalue weighted by Crippen LogP contribution is 2.09. The fourth-order valence-corrected chi connectivity index (χ4v) is 1.76. The third kappa shape index (κ3) is 7.34. The second-order valence-corrected chi connectivity index (χ2v) is 5.94. The van der Waals surface area contributed by atoms with E-state index in [1.54, 1.807) is 45.0 Å². The fourth-order valence-electron chi connectivity index (χ4n) is 1.76. The average molecular weight is 318 g/mol. The summed E-state index contributed by atoms with van der Waals surface area (Å²) in [7, 11) is 0. The molecule has 0 aromatic heterocycles. The van der Waals surface area contributed by atoms with Gasteiger partial charge in [0.25, 0.3) is 0 Å². The lowest BCUT2D eigenvalue weighted by molar-refractivity contribution is -0.139. The largest absolute Gasteiger partial charge is 0.480 e. The lowest BCUT2D eigenvalue weighted by atomic mass is 10.0. The van der Waals surface area contributed by atoms with E-state index in [0.717, 1.165) is 11.1 Å². The number of alkyl carbamates (subject to hydrolysis) is 1. The van der Waals surface area contributed by atoms with Crippen molar-refractivity contribution in [3.05, 3.63) is 35.4 Å². The number of nitrogens with one attached hydrogen (secondary N) is 1. The molecule has 0 radical (unpaired) electrons. The van der Waals surface area contributed by atoms with Gasteiger partial charge in [0.1, 0.15) is 11.6 Å². The fraction of sp³-hybridized carbons (Fsp3) is 0.412. The van der Waals surface area contributed by atoms with Crippen molar-refractivity contribution in [1.29, 1.82) is 0 Å². The van der Waals surface area contributed by atoms with Crippen LogP contribution < -0.4 is 11.1 Å². The van der Waals surface area contributed by atoms with Crippen LogP contribution in [0.3, 0.4) is 0 Å². The minimum atomic E-state index is -1.12. The van der Waals surface area contributed by atoms with E-state index in [-0.39, 0.29) is 13.0 Å². The number of benzene rings is 1. The van der Waals surface area contributed by atoms with Crippen LogP contribution in [0.4, 0.5) is 4.79 Å². The van der Waals surface area contributed by atoms with Crippen molar-refractivity contribution in [3.8, 4) is 11.8 Å². The topological polar surface area (TPSA) is 102 Å². The molecular weight excluding hydrogens is 296 g/mol. The molecule has 23 heavy (non-hydrogen) atoms. The number of carbonyl (C=O) groups excluding carboxylic acids is 1. The van der Waals surface area contributed by atoms with Crippen molar-refractivity contribution in [2.45, 2.75) is 38.8 Å². The Bertz CT molecular complexity index is 606. The van der Waals surface area contributed by atoms with E-state index in [1.165, 1.54) is 0 Å². The molecule has 124 valence electrons. The summed E-state index contributed by atoms with van der Waals surface area (Å²) < 4.78 is 5.08. The molecule has 0 saturated heterocycles. The Morgan fingerprint density at radius 3 is 2.39 bits per heavy atom. The van der Waals surface area contributed by atoms with Crippen LogP contribution in [0.1, 0.15) is 31.9 Å². The molecule has 0 fully saturated rings. The van der Waals surface area contributed by atoms with Crippen molar-refractivity contribution in [2.24, 2.45) is 5.73 Å². The molecule has 1 aromatic carbocycles. The molecule has 0 aliphatic heterocycles. The maximum atomic E-state index is 11.7. The zero-order chi connectivity index (χ0) is 17.5. The number of nitrogens with two attached hydrogens (primary N) is 1. The van der Waals surface area contributed by atoms with Crippen molar-refractivity contribution < 1.29 is 19.4 Å². The first kappa shape index (κ1) is 18.5. The number of amides is 1. The molecule has 0 bridgehead atoms. The van der Waals surface area contributed by atoms with Gasteiger partial charge in [-0.15, -0.1) is 0 Å². The molecule has 1 amide bonds. The average Bonchev–Trinajstić information content (AvgIpc) is 2.43. The van der Waals surface area contributed by atoms with E-state index in [4.69, 9.17) is 10.5 Å². The standard InChI is InChI=1S/C17H22N2O4/c1-17(2,3)23-16(22)19-14(15(20)21)11-13-8-6-12(7-9-13)5-4-10-18/h6-9,14H,10-11,18H2,1-3H3,(H,19,22)(H,20,21)/t14-/m0/s1. The lowest BCUT2D eigenvalue weighted by Crippen LogP contribution is -2.44. The normalized spacial score (nSPS) is 11.8. The van der Waals surface area contributed by atoms with Crippen LogP contribution in [-0.4, -0.2) is 35.4 Å². The van der Waals surface area contributed by atoms with Gasteiger partial charge in [-0.2, -0.15) is 0 Å². The van der Waals surface area contributed by atoms with Gasteiger partial charge >= 0.3 is 12.1 Å². The molecule has 0 aliphatic carbocycles. The first-order valence-electron chi connectivity index (χ1n) is 7.21. The SMILES string of the molecule is CC(C)(C)OC(=O)N[C@@H](Cc1ccc(C#CCN)cc1)C(=O)O. The highest BCUT2D eigenvalue weighted by molar-refractivity contribution is 5.80. The second-order valence-electron chi connectivity index (χ2n) is 5.94. The monoisotopic (exact) mass is 318 g/mol. The summed E-state index contributed by atoms with van der Waals surface area (Å²) in [5.41, 5.74) is 6.19. The Morgan fingerprint density at radius 2 is 1.91 bits per heavy atom. The van der Waals surface area contributed by atoms with E-state index in [1.807, 2.05) is 0 Å². The van der Waals surface area contributed by atoms with Gasteiger partial charge in [0.15, 0.2) is 0 Å². The summed E-state index contributed by atoms with van der Waals surface area (Å²) in [6.07, 6.45) is -0.602. The summed E-state index contributed by atoms with van der Waals surface area (Å²) in [6.45, 7) is 5.42. The summed E-state index contributed by atoms with van der Waals surface area (Å²) >= 11 is 0. The number of ether oxygens (including phenoxy) is 1. The molecule has 0 saturated carbocycles. The Morgan fingerprint density at radius 1 is 1.30 bits per heavy atom. The molecular formula is C17H22N2O4. The van der Waals surface area contributed by atoms with Crippen molar-refractivity contribution in [2.75, 3.05) is 6.54 Å². The van der Waals surface area contributed by atoms with Gasteiger partial charge < -0.3 is 20.9 Å². The number of carboxylic acid groups (broad SMARTS) is 1.